The van der Waals surface area contributed by atoms with Gasteiger partial charge in [-0.2, -0.15) is 0 Å². The van der Waals surface area contributed by atoms with Gasteiger partial charge in [0.2, 0.25) is 0 Å². The zero-order chi connectivity index (χ0) is 11.4. The number of hydrogen-bond donors (Lipinski definition) is 3. The number of phenols is 1. The van der Waals surface area contributed by atoms with Crippen LogP contribution in [0.25, 0.3) is 0 Å². The Hall–Kier alpha value is -1.33. The Kier molecular flexibility index (Phi) is 3.88. The first-order chi connectivity index (χ1) is 7.10. The van der Waals surface area contributed by atoms with E-state index in [1.54, 1.807) is 0 Å². The number of ether oxygens (including phenoxy) is 1. The van der Waals surface area contributed by atoms with Crippen LogP contribution in [0, 0.1) is 5.82 Å². The maximum absolute atomic E-state index is 13.1. The highest BCUT2D eigenvalue weighted by Crippen LogP contribution is 2.34. The molecule has 0 radical (unpaired) electrons. The van der Waals surface area contributed by atoms with Crippen molar-refractivity contribution in [3.05, 3.63) is 23.5 Å². The molecule has 0 aromatic heterocycles. The van der Waals surface area contributed by atoms with E-state index in [2.05, 4.69) is 0 Å². The maximum Gasteiger partial charge on any atom is 0.163 e. The first-order valence-electron chi connectivity index (χ1n) is 4.53. The van der Waals surface area contributed by atoms with Crippen molar-refractivity contribution in [2.24, 2.45) is 5.73 Å². The van der Waals surface area contributed by atoms with E-state index < -0.39 is 11.9 Å². The third-order valence-corrected chi connectivity index (χ3v) is 2.13. The average molecular weight is 215 g/mol. The second-order valence-corrected chi connectivity index (χ2v) is 3.16. The maximum atomic E-state index is 13.1. The van der Waals surface area contributed by atoms with Gasteiger partial charge in [0.1, 0.15) is 5.82 Å². The van der Waals surface area contributed by atoms with Crippen LogP contribution in [-0.4, -0.2) is 23.9 Å². The molecule has 0 aliphatic rings. The van der Waals surface area contributed by atoms with Crippen LogP contribution in [0.1, 0.15) is 18.0 Å². The topological polar surface area (TPSA) is 75.7 Å². The highest BCUT2D eigenvalue weighted by Gasteiger charge is 2.16. The second kappa shape index (κ2) is 4.95. The summed E-state index contributed by atoms with van der Waals surface area (Å²) in [5.41, 5.74) is 5.89. The van der Waals surface area contributed by atoms with Crippen LogP contribution in [-0.2, 0) is 0 Å². The van der Waals surface area contributed by atoms with Crippen molar-refractivity contribution < 1.29 is 19.3 Å². The van der Waals surface area contributed by atoms with Gasteiger partial charge in [0.25, 0.3) is 0 Å². The Morgan fingerprint density at radius 1 is 1.53 bits per heavy atom. The van der Waals surface area contributed by atoms with Crippen molar-refractivity contribution >= 4 is 0 Å². The van der Waals surface area contributed by atoms with Crippen LogP contribution in [0.2, 0.25) is 0 Å². The van der Waals surface area contributed by atoms with E-state index in [4.69, 9.17) is 15.6 Å². The van der Waals surface area contributed by atoms with Gasteiger partial charge in [-0.15, -0.1) is 0 Å². The Balaban J connectivity index is 3.11. The minimum atomic E-state index is -0.611. The molecule has 1 aromatic rings. The predicted octanol–water partition coefficient (Wildman–Crippen LogP) is 0.922. The van der Waals surface area contributed by atoms with Gasteiger partial charge < -0.3 is 20.7 Å². The number of aromatic hydroxyl groups is 1. The Morgan fingerprint density at radius 3 is 2.73 bits per heavy atom. The quantitative estimate of drug-likeness (QED) is 0.698. The molecule has 0 aliphatic carbocycles. The van der Waals surface area contributed by atoms with Gasteiger partial charge in [-0.3, -0.25) is 0 Å². The third kappa shape index (κ3) is 2.57. The van der Waals surface area contributed by atoms with Crippen molar-refractivity contribution in [1.82, 2.24) is 0 Å². The van der Waals surface area contributed by atoms with Crippen LogP contribution >= 0.6 is 0 Å². The molecule has 1 atom stereocenters. The van der Waals surface area contributed by atoms with Crippen LogP contribution < -0.4 is 10.5 Å². The number of rotatable bonds is 4. The zero-order valence-corrected chi connectivity index (χ0v) is 8.40. The fourth-order valence-electron chi connectivity index (χ4n) is 1.33. The molecule has 0 aliphatic heterocycles. The van der Waals surface area contributed by atoms with Gasteiger partial charge in [-0.05, 0) is 12.5 Å². The lowest BCUT2D eigenvalue weighted by molar-refractivity contribution is 0.274. The van der Waals surface area contributed by atoms with E-state index in [1.165, 1.54) is 7.11 Å². The van der Waals surface area contributed by atoms with E-state index >= 15 is 0 Å². The summed E-state index contributed by atoms with van der Waals surface area (Å²) in [6.45, 7) is -0.126. The van der Waals surface area contributed by atoms with Crippen LogP contribution in [0.15, 0.2) is 12.1 Å². The minimum absolute atomic E-state index is 0.0402. The van der Waals surface area contributed by atoms with Crippen LogP contribution in [0.4, 0.5) is 4.39 Å². The number of aliphatic hydroxyl groups is 1. The number of benzene rings is 1. The van der Waals surface area contributed by atoms with Gasteiger partial charge in [-0.1, -0.05) is 0 Å². The van der Waals surface area contributed by atoms with Gasteiger partial charge in [0.15, 0.2) is 11.5 Å². The van der Waals surface area contributed by atoms with Gasteiger partial charge >= 0.3 is 0 Å². The molecule has 5 heteroatoms. The van der Waals surface area contributed by atoms with Crippen molar-refractivity contribution in [3.63, 3.8) is 0 Å². The molecule has 0 spiro atoms. The number of methoxy groups -OCH3 is 1. The number of phenolic OH excluding ortho intramolecular Hbond substituents is 1. The second-order valence-electron chi connectivity index (χ2n) is 3.16. The largest absolute Gasteiger partial charge is 0.504 e. The molecule has 0 amide bonds. The summed E-state index contributed by atoms with van der Waals surface area (Å²) in [7, 11) is 1.33. The first kappa shape index (κ1) is 11.7. The van der Waals surface area contributed by atoms with E-state index in [-0.39, 0.29) is 30.1 Å². The summed E-state index contributed by atoms with van der Waals surface area (Å²) in [6.07, 6.45) is 0.250. The fourth-order valence-corrected chi connectivity index (χ4v) is 1.33. The molecule has 1 rings (SSSR count). The molecule has 0 heterocycles. The normalized spacial score (nSPS) is 12.5. The number of hydrogen-bond acceptors (Lipinski definition) is 4. The molecule has 0 fully saturated rings. The highest BCUT2D eigenvalue weighted by atomic mass is 19.1. The summed E-state index contributed by atoms with van der Waals surface area (Å²) >= 11 is 0. The van der Waals surface area contributed by atoms with Crippen molar-refractivity contribution in [2.45, 2.75) is 12.5 Å². The number of nitrogens with two attached hydrogens (primary N) is 1. The van der Waals surface area contributed by atoms with E-state index in [0.29, 0.717) is 0 Å². The van der Waals surface area contributed by atoms with Gasteiger partial charge in [-0.25, -0.2) is 4.39 Å². The van der Waals surface area contributed by atoms with Crippen LogP contribution in [0.3, 0.4) is 0 Å². The Morgan fingerprint density at radius 2 is 2.20 bits per heavy atom. The molecule has 15 heavy (non-hydrogen) atoms. The monoisotopic (exact) mass is 215 g/mol. The summed E-state index contributed by atoms with van der Waals surface area (Å²) in [4.78, 5) is 0. The molecular weight excluding hydrogens is 201 g/mol. The zero-order valence-electron chi connectivity index (χ0n) is 8.40. The molecule has 1 aromatic carbocycles. The molecule has 0 saturated heterocycles. The number of halogens is 1. The minimum Gasteiger partial charge on any atom is -0.504 e. The summed E-state index contributed by atoms with van der Waals surface area (Å²) in [6, 6.07) is 1.60. The van der Waals surface area contributed by atoms with Crippen molar-refractivity contribution in [1.29, 1.82) is 0 Å². The highest BCUT2D eigenvalue weighted by molar-refractivity contribution is 5.47. The fraction of sp³-hybridized carbons (Fsp3) is 0.400. The third-order valence-electron chi connectivity index (χ3n) is 2.13. The average Bonchev–Trinajstić information content (AvgIpc) is 2.21. The van der Waals surface area contributed by atoms with E-state index in [0.717, 1.165) is 12.1 Å². The Bertz CT molecular complexity index is 344. The molecule has 0 saturated carbocycles. The molecular formula is C10H14FNO3. The Labute approximate surface area is 87.1 Å². The molecule has 4 N–H and O–H groups in total. The molecule has 0 unspecified atom stereocenters. The predicted molar refractivity (Wildman–Crippen MR) is 53.2 cm³/mol. The summed E-state index contributed by atoms with van der Waals surface area (Å²) in [5.74, 6) is -0.675. The lowest BCUT2D eigenvalue weighted by Crippen LogP contribution is -2.12. The SMILES string of the molecule is COc1cc(F)cc([C@@H](N)CCO)c1O. The lowest BCUT2D eigenvalue weighted by atomic mass is 10.0. The van der Waals surface area contributed by atoms with E-state index in [1.807, 2.05) is 0 Å². The summed E-state index contributed by atoms with van der Waals surface area (Å²) < 4.78 is 17.9. The standard InChI is InChI=1S/C10H14FNO3/c1-15-9-5-6(11)4-7(10(9)14)8(12)2-3-13/h4-5,8,13-14H,2-3,12H2,1H3/t8-/m0/s1. The summed E-state index contributed by atoms with van der Waals surface area (Å²) in [5, 5.41) is 18.4. The molecule has 4 nitrogen and oxygen atoms in total. The van der Waals surface area contributed by atoms with Crippen molar-refractivity contribution in [2.75, 3.05) is 13.7 Å². The van der Waals surface area contributed by atoms with Gasteiger partial charge in [0.05, 0.1) is 7.11 Å². The van der Waals surface area contributed by atoms with Crippen LogP contribution in [0.5, 0.6) is 11.5 Å². The van der Waals surface area contributed by atoms with Gasteiger partial charge in [0, 0.05) is 24.3 Å². The first-order valence-corrected chi connectivity index (χ1v) is 4.53. The lowest BCUT2D eigenvalue weighted by Gasteiger charge is -2.14. The smallest absolute Gasteiger partial charge is 0.163 e. The number of aliphatic hydroxyl groups excluding tert-OH is 1. The molecule has 0 bridgehead atoms. The van der Waals surface area contributed by atoms with E-state index in [9.17, 15) is 9.50 Å². The molecule has 84 valence electrons. The van der Waals surface area contributed by atoms with Crippen molar-refractivity contribution in [3.8, 4) is 11.5 Å².